The molecule has 0 aromatic rings. The Balaban J connectivity index is 3.70. The van der Waals surface area contributed by atoms with E-state index in [-0.39, 0.29) is 5.91 Å². The maximum Gasteiger partial charge on any atom is 0.239 e. The first-order valence-corrected chi connectivity index (χ1v) is 6.40. The summed E-state index contributed by atoms with van der Waals surface area (Å²) in [6.45, 7) is 4.23. The average Bonchev–Trinajstić information content (AvgIpc) is 2.11. The Hall–Kier alpha value is -0.420. The van der Waals surface area contributed by atoms with Crippen LogP contribution in [0.1, 0.15) is 20.3 Å². The van der Waals surface area contributed by atoms with Crippen molar-refractivity contribution in [2.24, 2.45) is 0 Å². The summed E-state index contributed by atoms with van der Waals surface area (Å²) in [5.41, 5.74) is -0.536. The third kappa shape index (κ3) is 5.34. The van der Waals surface area contributed by atoms with E-state index < -0.39 is 16.3 Å². The fourth-order valence-electron chi connectivity index (χ4n) is 0.812. The number of hydrogen-bond acceptors (Lipinski definition) is 3. The lowest BCUT2D eigenvalue weighted by Gasteiger charge is -2.22. The monoisotopic (exact) mass is 220 g/mol. The van der Waals surface area contributed by atoms with E-state index in [1.54, 1.807) is 13.3 Å². The summed E-state index contributed by atoms with van der Waals surface area (Å²) in [5.74, 6) is 0.613. The second kappa shape index (κ2) is 6.14. The number of likely N-dealkylation sites (N-methyl/N-ethyl adjacent to an activating group) is 1. The minimum atomic E-state index is -0.770. The van der Waals surface area contributed by atoms with Gasteiger partial charge >= 0.3 is 0 Å². The summed E-state index contributed by atoms with van der Waals surface area (Å²) in [5, 5.41) is 5.71. The molecule has 5 heteroatoms. The summed E-state index contributed by atoms with van der Waals surface area (Å²) in [4.78, 5) is 11.5. The van der Waals surface area contributed by atoms with Gasteiger partial charge in [0.05, 0.1) is 5.54 Å². The van der Waals surface area contributed by atoms with Gasteiger partial charge in [-0.05, 0) is 27.3 Å². The smallest absolute Gasteiger partial charge is 0.239 e. The Morgan fingerprint density at radius 3 is 2.43 bits per heavy atom. The van der Waals surface area contributed by atoms with Gasteiger partial charge in [-0.25, -0.2) is 0 Å². The van der Waals surface area contributed by atoms with Crippen LogP contribution in [0.2, 0.25) is 0 Å². The number of rotatable bonds is 6. The molecule has 0 aromatic heterocycles. The highest BCUT2D eigenvalue weighted by atomic mass is 32.2. The summed E-state index contributed by atoms with van der Waals surface area (Å²) in [7, 11) is 0.981. The topological polar surface area (TPSA) is 58.2 Å². The zero-order valence-corrected chi connectivity index (χ0v) is 10.2. The van der Waals surface area contributed by atoms with Crippen LogP contribution < -0.4 is 10.6 Å². The van der Waals surface area contributed by atoms with Crippen molar-refractivity contribution < 1.29 is 9.00 Å². The van der Waals surface area contributed by atoms with Crippen LogP contribution in [0.4, 0.5) is 0 Å². The van der Waals surface area contributed by atoms with Gasteiger partial charge in [-0.1, -0.05) is 0 Å². The summed E-state index contributed by atoms with van der Waals surface area (Å²) in [6, 6.07) is 0. The van der Waals surface area contributed by atoms with Crippen LogP contribution in [0, 0.1) is 0 Å². The largest absolute Gasteiger partial charge is 0.354 e. The molecule has 0 saturated carbocycles. The molecule has 0 fully saturated rings. The summed E-state index contributed by atoms with van der Waals surface area (Å²) < 4.78 is 10.7. The molecule has 0 radical (unpaired) electrons. The van der Waals surface area contributed by atoms with Crippen molar-refractivity contribution in [1.82, 2.24) is 10.6 Å². The zero-order chi connectivity index (χ0) is 11.2. The molecule has 0 aliphatic heterocycles. The Morgan fingerprint density at radius 2 is 2.00 bits per heavy atom. The first-order valence-electron chi connectivity index (χ1n) is 4.67. The molecule has 0 aromatic carbocycles. The summed E-state index contributed by atoms with van der Waals surface area (Å²) in [6.07, 6.45) is 2.42. The van der Waals surface area contributed by atoms with Gasteiger partial charge in [-0.3, -0.25) is 9.00 Å². The lowest BCUT2D eigenvalue weighted by Crippen LogP contribution is -2.51. The van der Waals surface area contributed by atoms with Crippen LogP contribution in [0.15, 0.2) is 0 Å². The van der Waals surface area contributed by atoms with E-state index >= 15 is 0 Å². The van der Waals surface area contributed by atoms with E-state index in [9.17, 15) is 9.00 Å². The predicted octanol–water partition coefficient (Wildman–Crippen LogP) is -0.131. The first kappa shape index (κ1) is 13.6. The molecule has 0 aliphatic rings. The molecule has 2 N–H and O–H groups in total. The lowest BCUT2D eigenvalue weighted by molar-refractivity contribution is -0.126. The van der Waals surface area contributed by atoms with Crippen LogP contribution in [0.3, 0.4) is 0 Å². The van der Waals surface area contributed by atoms with Crippen LogP contribution in [0.25, 0.3) is 0 Å². The molecule has 14 heavy (non-hydrogen) atoms. The van der Waals surface area contributed by atoms with Crippen molar-refractivity contribution in [3.8, 4) is 0 Å². The van der Waals surface area contributed by atoms with Crippen molar-refractivity contribution in [2.75, 3.05) is 25.6 Å². The van der Waals surface area contributed by atoms with Crippen molar-refractivity contribution in [3.63, 3.8) is 0 Å². The van der Waals surface area contributed by atoms with Gasteiger partial charge in [0.2, 0.25) is 5.91 Å². The number of amides is 1. The fourth-order valence-corrected chi connectivity index (χ4v) is 1.36. The van der Waals surface area contributed by atoms with Crippen molar-refractivity contribution in [2.45, 2.75) is 25.8 Å². The molecular formula is C9H20N2O2S. The highest BCUT2D eigenvalue weighted by Gasteiger charge is 2.24. The van der Waals surface area contributed by atoms with E-state index in [2.05, 4.69) is 10.6 Å². The molecule has 1 amide bonds. The molecule has 0 bridgehead atoms. The van der Waals surface area contributed by atoms with Crippen molar-refractivity contribution in [3.05, 3.63) is 0 Å². The SMILES string of the molecule is CNC(C)(C)C(=O)NCCCS(C)=O. The highest BCUT2D eigenvalue weighted by Crippen LogP contribution is 1.99. The number of nitrogens with one attached hydrogen (secondary N) is 2. The summed E-state index contributed by atoms with van der Waals surface area (Å²) >= 11 is 0. The third-order valence-electron chi connectivity index (χ3n) is 2.09. The van der Waals surface area contributed by atoms with Gasteiger partial charge in [0, 0.05) is 29.4 Å². The first-order chi connectivity index (χ1) is 6.40. The quantitative estimate of drug-likeness (QED) is 0.613. The maximum atomic E-state index is 11.5. The molecule has 0 heterocycles. The maximum absolute atomic E-state index is 11.5. The van der Waals surface area contributed by atoms with Crippen LogP contribution in [0.5, 0.6) is 0 Å². The molecule has 1 unspecified atom stereocenters. The third-order valence-corrected chi connectivity index (χ3v) is 2.95. The second-order valence-electron chi connectivity index (χ2n) is 3.76. The van der Waals surface area contributed by atoms with Crippen LogP contribution >= 0.6 is 0 Å². The van der Waals surface area contributed by atoms with E-state index in [1.807, 2.05) is 13.8 Å². The minimum Gasteiger partial charge on any atom is -0.354 e. The number of hydrogen-bond donors (Lipinski definition) is 2. The highest BCUT2D eigenvalue weighted by molar-refractivity contribution is 7.84. The Kier molecular flexibility index (Phi) is 5.95. The van der Waals surface area contributed by atoms with Gasteiger partial charge in [0.1, 0.15) is 0 Å². The predicted molar refractivity (Wildman–Crippen MR) is 59.7 cm³/mol. The standard InChI is InChI=1S/C9H20N2O2S/c1-9(2,10-3)8(12)11-6-5-7-14(4)13/h10H,5-7H2,1-4H3,(H,11,12). The van der Waals surface area contributed by atoms with Gasteiger partial charge in [0.15, 0.2) is 0 Å². The molecule has 0 saturated heterocycles. The molecule has 0 spiro atoms. The molecular weight excluding hydrogens is 200 g/mol. The fraction of sp³-hybridized carbons (Fsp3) is 0.889. The van der Waals surface area contributed by atoms with Crippen LogP contribution in [-0.4, -0.2) is 41.3 Å². The zero-order valence-electron chi connectivity index (χ0n) is 9.35. The van der Waals surface area contributed by atoms with Crippen molar-refractivity contribution in [1.29, 1.82) is 0 Å². The van der Waals surface area contributed by atoms with E-state index in [4.69, 9.17) is 0 Å². The van der Waals surface area contributed by atoms with E-state index in [1.165, 1.54) is 0 Å². The normalized spacial score (nSPS) is 13.7. The van der Waals surface area contributed by atoms with Crippen molar-refractivity contribution >= 4 is 16.7 Å². The minimum absolute atomic E-state index is 0.0260. The van der Waals surface area contributed by atoms with Gasteiger partial charge in [0.25, 0.3) is 0 Å². The number of carbonyl (C=O) groups excluding carboxylic acids is 1. The molecule has 0 aliphatic carbocycles. The average molecular weight is 220 g/mol. The van der Waals surface area contributed by atoms with Gasteiger partial charge < -0.3 is 10.6 Å². The van der Waals surface area contributed by atoms with E-state index in [0.717, 1.165) is 6.42 Å². The van der Waals surface area contributed by atoms with E-state index in [0.29, 0.717) is 12.3 Å². The Morgan fingerprint density at radius 1 is 1.43 bits per heavy atom. The molecule has 0 rings (SSSR count). The Bertz CT molecular complexity index is 217. The van der Waals surface area contributed by atoms with Crippen LogP contribution in [-0.2, 0) is 15.6 Å². The van der Waals surface area contributed by atoms with Gasteiger partial charge in [-0.15, -0.1) is 0 Å². The molecule has 1 atom stereocenters. The number of carbonyl (C=O) groups is 1. The second-order valence-corrected chi connectivity index (χ2v) is 5.32. The Labute approximate surface area is 88.3 Å². The van der Waals surface area contributed by atoms with Gasteiger partial charge in [-0.2, -0.15) is 0 Å². The lowest BCUT2D eigenvalue weighted by atomic mass is 10.1. The molecule has 4 nitrogen and oxygen atoms in total. The molecule has 84 valence electrons.